The van der Waals surface area contributed by atoms with Gasteiger partial charge >= 0.3 is 0 Å². The summed E-state index contributed by atoms with van der Waals surface area (Å²) < 4.78 is 0. The summed E-state index contributed by atoms with van der Waals surface area (Å²) in [6.07, 6.45) is 14.3. The molecule has 0 saturated heterocycles. The molecule has 0 aliphatic heterocycles. The summed E-state index contributed by atoms with van der Waals surface area (Å²) in [5.74, 6) is 1.05. The first-order valence-electron chi connectivity index (χ1n) is 9.08. The minimum atomic E-state index is 0.605. The van der Waals surface area contributed by atoms with Gasteiger partial charge < -0.3 is 5.32 Å². The number of nitrogens with one attached hydrogen (secondary N) is 1. The van der Waals surface area contributed by atoms with E-state index in [-0.39, 0.29) is 0 Å². The average molecular weight is 298 g/mol. The number of benzene rings is 1. The highest BCUT2D eigenvalue weighted by Crippen LogP contribution is 2.29. The minimum absolute atomic E-state index is 0.605. The Morgan fingerprint density at radius 2 is 1.73 bits per heavy atom. The molecule has 0 aromatic heterocycles. The van der Waals surface area contributed by atoms with Gasteiger partial charge in [0.05, 0.1) is 6.07 Å². The summed E-state index contributed by atoms with van der Waals surface area (Å²) in [4.78, 5) is 0. The SMILES string of the molecule is N#CCCc1ccc(NCCCCCCC2CCCC2)cc1. The van der Waals surface area contributed by atoms with Crippen LogP contribution in [0.5, 0.6) is 0 Å². The molecule has 2 heteroatoms. The van der Waals surface area contributed by atoms with Crippen LogP contribution in [-0.2, 0) is 6.42 Å². The third kappa shape index (κ3) is 6.52. The largest absolute Gasteiger partial charge is 0.385 e. The lowest BCUT2D eigenvalue weighted by Crippen LogP contribution is -2.01. The standard InChI is InChI=1S/C20H30N2/c21-16-7-11-19-12-14-20(15-13-19)22-17-6-2-1-3-8-18-9-4-5-10-18/h12-15,18,22H,1-11,17H2. The van der Waals surface area contributed by atoms with E-state index in [0.29, 0.717) is 6.42 Å². The quantitative estimate of drug-likeness (QED) is 0.563. The third-order valence-electron chi connectivity index (χ3n) is 4.82. The van der Waals surface area contributed by atoms with Crippen molar-refractivity contribution in [2.24, 2.45) is 5.92 Å². The van der Waals surface area contributed by atoms with Crippen molar-refractivity contribution in [1.29, 1.82) is 5.26 Å². The van der Waals surface area contributed by atoms with Gasteiger partial charge in [0.15, 0.2) is 0 Å². The number of nitriles is 1. The summed E-state index contributed by atoms with van der Waals surface area (Å²) in [6.45, 7) is 1.07. The fourth-order valence-electron chi connectivity index (χ4n) is 3.43. The first-order chi connectivity index (χ1) is 10.9. The number of hydrogen-bond donors (Lipinski definition) is 1. The van der Waals surface area contributed by atoms with Gasteiger partial charge in [-0.3, -0.25) is 0 Å². The van der Waals surface area contributed by atoms with E-state index in [1.54, 1.807) is 0 Å². The van der Waals surface area contributed by atoms with Crippen molar-refractivity contribution in [3.05, 3.63) is 29.8 Å². The van der Waals surface area contributed by atoms with Crippen LogP contribution in [0.15, 0.2) is 24.3 Å². The number of nitrogens with zero attached hydrogens (tertiary/aromatic N) is 1. The zero-order chi connectivity index (χ0) is 15.5. The predicted octanol–water partition coefficient (Wildman–Crippen LogP) is 5.70. The van der Waals surface area contributed by atoms with Gasteiger partial charge in [0.1, 0.15) is 0 Å². The number of anilines is 1. The van der Waals surface area contributed by atoms with E-state index in [2.05, 4.69) is 35.7 Å². The van der Waals surface area contributed by atoms with Crippen LogP contribution in [-0.4, -0.2) is 6.54 Å². The number of unbranched alkanes of at least 4 members (excludes halogenated alkanes) is 3. The fourth-order valence-corrected chi connectivity index (χ4v) is 3.43. The molecule has 1 saturated carbocycles. The van der Waals surface area contributed by atoms with Crippen LogP contribution in [0.3, 0.4) is 0 Å². The molecule has 1 N–H and O–H groups in total. The molecular weight excluding hydrogens is 268 g/mol. The van der Waals surface area contributed by atoms with E-state index < -0.39 is 0 Å². The molecule has 0 heterocycles. The Kier molecular flexibility index (Phi) is 7.88. The molecule has 22 heavy (non-hydrogen) atoms. The molecular formula is C20H30N2. The molecule has 2 nitrogen and oxygen atoms in total. The Morgan fingerprint density at radius 1 is 1.00 bits per heavy atom. The van der Waals surface area contributed by atoms with Gasteiger partial charge in [-0.25, -0.2) is 0 Å². The van der Waals surface area contributed by atoms with E-state index in [1.165, 1.54) is 69.0 Å². The maximum atomic E-state index is 8.59. The first kappa shape index (κ1) is 16.9. The van der Waals surface area contributed by atoms with Crippen LogP contribution in [0.4, 0.5) is 5.69 Å². The maximum Gasteiger partial charge on any atom is 0.0625 e. The van der Waals surface area contributed by atoms with E-state index in [9.17, 15) is 0 Å². The summed E-state index contributed by atoms with van der Waals surface area (Å²) >= 11 is 0. The average Bonchev–Trinajstić information content (AvgIpc) is 3.06. The molecule has 0 spiro atoms. The maximum absolute atomic E-state index is 8.59. The molecule has 1 aliphatic rings. The third-order valence-corrected chi connectivity index (χ3v) is 4.82. The number of hydrogen-bond acceptors (Lipinski definition) is 2. The van der Waals surface area contributed by atoms with Crippen molar-refractivity contribution < 1.29 is 0 Å². The molecule has 1 aromatic carbocycles. The van der Waals surface area contributed by atoms with Crippen molar-refractivity contribution in [3.8, 4) is 6.07 Å². The highest BCUT2D eigenvalue weighted by atomic mass is 14.9. The number of rotatable bonds is 10. The van der Waals surface area contributed by atoms with Crippen LogP contribution < -0.4 is 5.32 Å². The van der Waals surface area contributed by atoms with E-state index in [1.807, 2.05) is 0 Å². The zero-order valence-corrected chi connectivity index (χ0v) is 13.8. The first-order valence-corrected chi connectivity index (χ1v) is 9.08. The van der Waals surface area contributed by atoms with Crippen molar-refractivity contribution in [3.63, 3.8) is 0 Å². The molecule has 1 aliphatic carbocycles. The molecule has 0 unspecified atom stereocenters. The summed E-state index contributed by atoms with van der Waals surface area (Å²) in [5.41, 5.74) is 2.45. The lowest BCUT2D eigenvalue weighted by Gasteiger charge is -2.09. The monoisotopic (exact) mass is 298 g/mol. The van der Waals surface area contributed by atoms with E-state index in [4.69, 9.17) is 5.26 Å². The second-order valence-electron chi connectivity index (χ2n) is 6.64. The molecule has 120 valence electrons. The van der Waals surface area contributed by atoms with Crippen LogP contribution in [0, 0.1) is 17.2 Å². The lowest BCUT2D eigenvalue weighted by atomic mass is 9.99. The van der Waals surface area contributed by atoms with Crippen molar-refractivity contribution >= 4 is 5.69 Å². The second kappa shape index (κ2) is 10.3. The van der Waals surface area contributed by atoms with Crippen LogP contribution >= 0.6 is 0 Å². The molecule has 0 atom stereocenters. The molecule has 1 fully saturated rings. The van der Waals surface area contributed by atoms with Gasteiger partial charge in [-0.1, -0.05) is 63.5 Å². The van der Waals surface area contributed by atoms with Gasteiger partial charge in [-0.15, -0.1) is 0 Å². The Morgan fingerprint density at radius 3 is 2.45 bits per heavy atom. The Balaban J connectivity index is 1.48. The zero-order valence-electron chi connectivity index (χ0n) is 13.8. The van der Waals surface area contributed by atoms with E-state index in [0.717, 1.165) is 18.9 Å². The van der Waals surface area contributed by atoms with Gasteiger partial charge in [0.2, 0.25) is 0 Å². The van der Waals surface area contributed by atoms with Crippen molar-refractivity contribution in [2.45, 2.75) is 70.6 Å². The molecule has 1 aromatic rings. The predicted molar refractivity (Wildman–Crippen MR) is 93.9 cm³/mol. The molecule has 0 bridgehead atoms. The van der Waals surface area contributed by atoms with Gasteiger partial charge in [0.25, 0.3) is 0 Å². The van der Waals surface area contributed by atoms with E-state index >= 15 is 0 Å². The fraction of sp³-hybridized carbons (Fsp3) is 0.650. The Hall–Kier alpha value is -1.49. The van der Waals surface area contributed by atoms with Gasteiger partial charge in [0, 0.05) is 18.7 Å². The number of aryl methyl sites for hydroxylation is 1. The highest BCUT2D eigenvalue weighted by Gasteiger charge is 2.13. The molecule has 2 rings (SSSR count). The Labute approximate surface area is 135 Å². The second-order valence-corrected chi connectivity index (χ2v) is 6.64. The lowest BCUT2D eigenvalue weighted by molar-refractivity contribution is 0.466. The molecule has 0 amide bonds. The minimum Gasteiger partial charge on any atom is -0.385 e. The summed E-state index contributed by atoms with van der Waals surface area (Å²) in [6, 6.07) is 10.7. The van der Waals surface area contributed by atoms with Crippen LogP contribution in [0.1, 0.15) is 69.8 Å². The Bertz CT molecular complexity index is 438. The smallest absolute Gasteiger partial charge is 0.0625 e. The normalized spacial score (nSPS) is 14.9. The molecule has 0 radical (unpaired) electrons. The van der Waals surface area contributed by atoms with Crippen molar-refractivity contribution in [2.75, 3.05) is 11.9 Å². The van der Waals surface area contributed by atoms with Crippen LogP contribution in [0.2, 0.25) is 0 Å². The van der Waals surface area contributed by atoms with Gasteiger partial charge in [-0.05, 0) is 36.5 Å². The highest BCUT2D eigenvalue weighted by molar-refractivity contribution is 5.44. The summed E-state index contributed by atoms with van der Waals surface area (Å²) in [5, 5.41) is 12.1. The summed E-state index contributed by atoms with van der Waals surface area (Å²) in [7, 11) is 0. The van der Waals surface area contributed by atoms with Crippen molar-refractivity contribution in [1.82, 2.24) is 0 Å². The van der Waals surface area contributed by atoms with Crippen LogP contribution in [0.25, 0.3) is 0 Å². The van der Waals surface area contributed by atoms with Gasteiger partial charge in [-0.2, -0.15) is 5.26 Å². The topological polar surface area (TPSA) is 35.8 Å².